The van der Waals surface area contributed by atoms with Crippen LogP contribution in [-0.4, -0.2) is 40.5 Å². The molecule has 5 nitrogen and oxygen atoms in total. The number of hydrogen-bond donors (Lipinski definition) is 0. The van der Waals surface area contributed by atoms with E-state index in [1.54, 1.807) is 11.8 Å². The molecule has 2 aromatic carbocycles. The van der Waals surface area contributed by atoms with Gasteiger partial charge in [0.1, 0.15) is 0 Å². The fourth-order valence-corrected chi connectivity index (χ4v) is 3.79. The van der Waals surface area contributed by atoms with Crippen LogP contribution in [0, 0.1) is 0 Å². The van der Waals surface area contributed by atoms with Crippen molar-refractivity contribution < 1.29 is 14.3 Å². The predicted octanol–water partition coefficient (Wildman–Crippen LogP) is 3.86. The molecule has 1 unspecified atom stereocenters. The number of hydrogen-bond acceptors (Lipinski definition) is 3. The number of carbonyl (C=O) groups is 2. The van der Waals surface area contributed by atoms with Crippen LogP contribution in [0.4, 0.5) is 0 Å². The van der Waals surface area contributed by atoms with E-state index in [1.807, 2.05) is 53.2 Å². The average Bonchev–Trinajstić information content (AvgIpc) is 3.37. The van der Waals surface area contributed by atoms with E-state index in [2.05, 4.69) is 12.1 Å². The van der Waals surface area contributed by atoms with Crippen molar-refractivity contribution in [3.63, 3.8) is 0 Å². The quantitative estimate of drug-likeness (QED) is 0.636. The summed E-state index contributed by atoms with van der Waals surface area (Å²) in [5.41, 5.74) is 2.62. The molecule has 1 amide bonds. The molecule has 5 heteroatoms. The molecule has 144 valence electrons. The van der Waals surface area contributed by atoms with Gasteiger partial charge in [-0.15, -0.1) is 0 Å². The number of rotatable bonds is 5. The largest absolute Gasteiger partial charge is 0.449 e. The Morgan fingerprint density at radius 1 is 1.00 bits per heavy atom. The highest BCUT2D eigenvalue weighted by Crippen LogP contribution is 2.24. The molecule has 0 saturated carbocycles. The Morgan fingerprint density at radius 2 is 1.68 bits per heavy atom. The van der Waals surface area contributed by atoms with Crippen LogP contribution < -0.4 is 0 Å². The first-order valence-electron chi connectivity index (χ1n) is 9.75. The van der Waals surface area contributed by atoms with E-state index in [0.717, 1.165) is 42.4 Å². The van der Waals surface area contributed by atoms with Crippen LogP contribution in [0.15, 0.2) is 60.8 Å². The smallest absolute Gasteiger partial charge is 0.341 e. The lowest BCUT2D eigenvalue weighted by Crippen LogP contribution is -2.38. The Balaban J connectivity index is 1.57. The minimum atomic E-state index is -0.776. The average molecular weight is 376 g/mol. The number of esters is 1. The molecule has 1 aliphatic rings. The number of benzene rings is 2. The molecule has 0 aliphatic carbocycles. The second-order valence-electron chi connectivity index (χ2n) is 7.25. The van der Waals surface area contributed by atoms with E-state index in [9.17, 15) is 9.59 Å². The summed E-state index contributed by atoms with van der Waals surface area (Å²) in [5, 5.41) is 0.837. The van der Waals surface area contributed by atoms with Crippen LogP contribution in [0.2, 0.25) is 0 Å². The number of likely N-dealkylation sites (tertiary alicyclic amines) is 1. The Kier molecular flexibility index (Phi) is 5.15. The van der Waals surface area contributed by atoms with E-state index in [-0.39, 0.29) is 5.91 Å². The SMILES string of the molecule is CC(OC(=O)c1cn(Cc2ccccc2)c2ccccc12)C(=O)N1CCCC1. The lowest BCUT2D eigenvalue weighted by atomic mass is 10.2. The van der Waals surface area contributed by atoms with Gasteiger partial charge in [-0.25, -0.2) is 4.79 Å². The number of aromatic nitrogens is 1. The monoisotopic (exact) mass is 376 g/mol. The molecule has 1 saturated heterocycles. The van der Waals surface area contributed by atoms with E-state index < -0.39 is 12.1 Å². The first-order valence-corrected chi connectivity index (χ1v) is 9.75. The maximum Gasteiger partial charge on any atom is 0.341 e. The van der Waals surface area contributed by atoms with E-state index in [4.69, 9.17) is 4.74 Å². The van der Waals surface area contributed by atoms with Crippen molar-refractivity contribution in [2.24, 2.45) is 0 Å². The van der Waals surface area contributed by atoms with Crippen LogP contribution in [0.3, 0.4) is 0 Å². The summed E-state index contributed by atoms with van der Waals surface area (Å²) in [6.45, 7) is 3.81. The van der Waals surface area contributed by atoms with Crippen LogP contribution in [0.1, 0.15) is 35.7 Å². The van der Waals surface area contributed by atoms with Crippen molar-refractivity contribution in [1.29, 1.82) is 0 Å². The molecule has 4 rings (SSSR count). The van der Waals surface area contributed by atoms with Crippen molar-refractivity contribution in [3.8, 4) is 0 Å². The summed E-state index contributed by atoms with van der Waals surface area (Å²) in [6.07, 6.45) is 3.08. The maximum absolute atomic E-state index is 12.8. The third-order valence-corrected chi connectivity index (χ3v) is 5.25. The van der Waals surface area contributed by atoms with Gasteiger partial charge in [0.15, 0.2) is 6.10 Å². The molecule has 1 fully saturated rings. The molecular formula is C23H24N2O3. The summed E-state index contributed by atoms with van der Waals surface area (Å²) in [6, 6.07) is 17.9. The minimum absolute atomic E-state index is 0.112. The number of carbonyl (C=O) groups excluding carboxylic acids is 2. The molecule has 1 aliphatic heterocycles. The number of nitrogens with zero attached hydrogens (tertiary/aromatic N) is 2. The summed E-state index contributed by atoms with van der Waals surface area (Å²) in [7, 11) is 0. The fourth-order valence-electron chi connectivity index (χ4n) is 3.79. The van der Waals surface area contributed by atoms with Crippen molar-refractivity contribution in [1.82, 2.24) is 9.47 Å². The van der Waals surface area contributed by atoms with Gasteiger partial charge in [0, 0.05) is 36.7 Å². The standard InChI is InChI=1S/C23H24N2O3/c1-17(22(26)24-13-7-8-14-24)28-23(27)20-16-25(15-18-9-3-2-4-10-18)21-12-6-5-11-19(20)21/h2-6,9-12,16-17H,7-8,13-15H2,1H3. The van der Waals surface area contributed by atoms with Gasteiger partial charge in [-0.2, -0.15) is 0 Å². The highest BCUT2D eigenvalue weighted by molar-refractivity contribution is 6.05. The van der Waals surface area contributed by atoms with Crippen molar-refractivity contribution >= 4 is 22.8 Å². The normalized spacial score (nSPS) is 15.0. The van der Waals surface area contributed by atoms with Gasteiger partial charge < -0.3 is 14.2 Å². The zero-order valence-corrected chi connectivity index (χ0v) is 16.0. The molecule has 28 heavy (non-hydrogen) atoms. The molecule has 0 radical (unpaired) electrons. The predicted molar refractivity (Wildman–Crippen MR) is 108 cm³/mol. The number of para-hydroxylation sites is 1. The summed E-state index contributed by atoms with van der Waals surface area (Å²) in [4.78, 5) is 27.1. The maximum atomic E-state index is 12.8. The summed E-state index contributed by atoms with van der Waals surface area (Å²) in [5.74, 6) is -0.568. The highest BCUT2D eigenvalue weighted by atomic mass is 16.5. The van der Waals surface area contributed by atoms with Crippen molar-refractivity contribution in [2.75, 3.05) is 13.1 Å². The van der Waals surface area contributed by atoms with Gasteiger partial charge in [0.05, 0.1) is 5.56 Å². The summed E-state index contributed by atoms with van der Waals surface area (Å²) >= 11 is 0. The third-order valence-electron chi connectivity index (χ3n) is 5.25. The molecule has 1 aromatic heterocycles. The van der Waals surface area contributed by atoms with E-state index >= 15 is 0 Å². The third kappa shape index (κ3) is 3.65. The van der Waals surface area contributed by atoms with Gasteiger partial charge >= 0.3 is 5.97 Å². The Hall–Kier alpha value is -3.08. The van der Waals surface area contributed by atoms with Crippen LogP contribution >= 0.6 is 0 Å². The van der Waals surface area contributed by atoms with Crippen LogP contribution in [0.5, 0.6) is 0 Å². The van der Waals surface area contributed by atoms with Crippen molar-refractivity contribution in [2.45, 2.75) is 32.4 Å². The number of fused-ring (bicyclic) bond motifs is 1. The number of amides is 1. The van der Waals surface area contributed by atoms with E-state index in [0.29, 0.717) is 12.1 Å². The molecule has 1 atom stereocenters. The molecule has 0 spiro atoms. The number of ether oxygens (including phenoxy) is 1. The topological polar surface area (TPSA) is 51.5 Å². The lowest BCUT2D eigenvalue weighted by Gasteiger charge is -2.20. The Morgan fingerprint density at radius 3 is 2.43 bits per heavy atom. The molecule has 2 heterocycles. The second-order valence-corrected chi connectivity index (χ2v) is 7.25. The first kappa shape index (κ1) is 18.3. The van der Waals surface area contributed by atoms with Crippen LogP contribution in [0.25, 0.3) is 10.9 Å². The highest BCUT2D eigenvalue weighted by Gasteiger charge is 2.27. The van der Waals surface area contributed by atoms with Gasteiger partial charge in [-0.05, 0) is 31.4 Å². The zero-order chi connectivity index (χ0) is 19.5. The zero-order valence-electron chi connectivity index (χ0n) is 16.0. The summed E-state index contributed by atoms with van der Waals surface area (Å²) < 4.78 is 7.59. The first-order chi connectivity index (χ1) is 13.6. The van der Waals surface area contributed by atoms with Crippen LogP contribution in [-0.2, 0) is 16.1 Å². The minimum Gasteiger partial charge on any atom is -0.449 e. The second kappa shape index (κ2) is 7.89. The van der Waals surface area contributed by atoms with E-state index in [1.165, 1.54) is 0 Å². The molecule has 0 N–H and O–H groups in total. The van der Waals surface area contributed by atoms with Gasteiger partial charge in [0.25, 0.3) is 5.91 Å². The lowest BCUT2D eigenvalue weighted by molar-refractivity contribution is -0.138. The Bertz CT molecular complexity index is 988. The van der Waals surface area contributed by atoms with Gasteiger partial charge in [0.2, 0.25) is 0 Å². The molecular weight excluding hydrogens is 352 g/mol. The molecule has 0 bridgehead atoms. The van der Waals surface area contributed by atoms with Gasteiger partial charge in [-0.3, -0.25) is 4.79 Å². The fraction of sp³-hybridized carbons (Fsp3) is 0.304. The van der Waals surface area contributed by atoms with Crippen molar-refractivity contribution in [3.05, 3.63) is 71.9 Å². The van der Waals surface area contributed by atoms with Gasteiger partial charge in [-0.1, -0.05) is 48.5 Å². The molecule has 3 aromatic rings. The Labute approximate surface area is 164 Å².